The molecule has 0 saturated heterocycles. The number of pyridine rings is 1. The molecule has 2 N–H and O–H groups in total. The molecule has 0 spiro atoms. The van der Waals surface area contributed by atoms with Crippen LogP contribution in [0.5, 0.6) is 0 Å². The smallest absolute Gasteiger partial charge is 0.139 e. The largest absolute Gasteiger partial charge is 0.330 e. The molecule has 2 aromatic heterocycles. The fourth-order valence-electron chi connectivity index (χ4n) is 1.71. The topological polar surface area (TPSA) is 43.3 Å². The number of fused-ring (bicyclic) bond motifs is 1. The van der Waals surface area contributed by atoms with Crippen LogP contribution in [0.1, 0.15) is 18.2 Å². The van der Waals surface area contributed by atoms with Gasteiger partial charge in [-0.05, 0) is 36.8 Å². The van der Waals surface area contributed by atoms with Crippen molar-refractivity contribution in [2.24, 2.45) is 11.7 Å². The Balaban J connectivity index is 2.02. The van der Waals surface area contributed by atoms with Gasteiger partial charge in [0.15, 0.2) is 0 Å². The van der Waals surface area contributed by atoms with Gasteiger partial charge < -0.3 is 10.1 Å². The van der Waals surface area contributed by atoms with Crippen molar-refractivity contribution in [1.82, 2.24) is 9.38 Å². The summed E-state index contributed by atoms with van der Waals surface area (Å²) in [6.45, 7) is 5.04. The third-order valence-electron chi connectivity index (χ3n) is 2.78. The number of aryl methyl sites for hydroxylation is 1. The van der Waals surface area contributed by atoms with Crippen LogP contribution in [0.3, 0.4) is 0 Å². The first kappa shape index (κ1) is 12.5. The van der Waals surface area contributed by atoms with Crippen molar-refractivity contribution in [2.45, 2.75) is 19.6 Å². The maximum atomic E-state index is 5.60. The summed E-state index contributed by atoms with van der Waals surface area (Å²) in [5, 5.41) is 0. The number of nitrogens with zero attached hydrogens (tertiary/aromatic N) is 2. The zero-order chi connectivity index (χ0) is 12.3. The van der Waals surface area contributed by atoms with E-state index in [4.69, 9.17) is 5.73 Å². The van der Waals surface area contributed by atoms with Crippen molar-refractivity contribution in [3.63, 3.8) is 0 Å². The Bertz CT molecular complexity index is 492. The van der Waals surface area contributed by atoms with Crippen LogP contribution in [0.15, 0.2) is 24.5 Å². The van der Waals surface area contributed by atoms with Gasteiger partial charge in [-0.2, -0.15) is 11.8 Å². The van der Waals surface area contributed by atoms with Gasteiger partial charge in [-0.3, -0.25) is 0 Å². The second-order valence-corrected chi connectivity index (χ2v) is 5.54. The minimum Gasteiger partial charge on any atom is -0.330 e. The Hall–Kier alpha value is -1.00. The number of imidazole rings is 1. The van der Waals surface area contributed by atoms with E-state index in [1.165, 1.54) is 5.56 Å². The predicted octanol–water partition coefficient (Wildman–Crippen LogP) is 2.47. The first-order valence-corrected chi connectivity index (χ1v) is 7.07. The maximum absolute atomic E-state index is 5.60. The highest BCUT2D eigenvalue weighted by Gasteiger charge is 2.05. The van der Waals surface area contributed by atoms with Crippen LogP contribution in [-0.2, 0) is 5.75 Å². The monoisotopic (exact) mass is 249 g/mol. The van der Waals surface area contributed by atoms with E-state index in [-0.39, 0.29) is 0 Å². The van der Waals surface area contributed by atoms with Gasteiger partial charge in [-0.1, -0.05) is 13.0 Å². The van der Waals surface area contributed by atoms with Crippen LogP contribution in [0.4, 0.5) is 0 Å². The Morgan fingerprint density at radius 1 is 1.53 bits per heavy atom. The SMILES string of the molecule is Cc1cccn2cc(CSCC(C)CN)nc12. The lowest BCUT2D eigenvalue weighted by Gasteiger charge is -2.05. The normalized spacial score (nSPS) is 13.1. The van der Waals surface area contributed by atoms with Gasteiger partial charge in [0.25, 0.3) is 0 Å². The predicted molar refractivity (Wildman–Crippen MR) is 74.3 cm³/mol. The molecular weight excluding hydrogens is 230 g/mol. The van der Waals surface area contributed by atoms with Crippen molar-refractivity contribution in [3.05, 3.63) is 35.8 Å². The van der Waals surface area contributed by atoms with Crippen LogP contribution >= 0.6 is 11.8 Å². The summed E-state index contributed by atoms with van der Waals surface area (Å²) < 4.78 is 2.09. The summed E-state index contributed by atoms with van der Waals surface area (Å²) in [7, 11) is 0. The van der Waals surface area contributed by atoms with E-state index in [0.717, 1.165) is 29.4 Å². The molecule has 0 fully saturated rings. The quantitative estimate of drug-likeness (QED) is 0.885. The Kier molecular flexibility index (Phi) is 4.07. The summed E-state index contributed by atoms with van der Waals surface area (Å²) in [4.78, 5) is 4.65. The van der Waals surface area contributed by atoms with E-state index in [1.807, 2.05) is 18.0 Å². The fourth-order valence-corrected chi connectivity index (χ4v) is 2.71. The molecule has 0 radical (unpaired) electrons. The van der Waals surface area contributed by atoms with E-state index in [1.54, 1.807) is 0 Å². The molecule has 0 bridgehead atoms. The van der Waals surface area contributed by atoms with E-state index in [2.05, 4.69) is 41.6 Å². The molecule has 92 valence electrons. The first-order chi connectivity index (χ1) is 8.20. The fraction of sp³-hybridized carbons (Fsp3) is 0.462. The Morgan fingerprint density at radius 3 is 3.06 bits per heavy atom. The lowest BCUT2D eigenvalue weighted by Crippen LogP contribution is -2.12. The summed E-state index contributed by atoms with van der Waals surface area (Å²) in [6, 6.07) is 4.15. The van der Waals surface area contributed by atoms with E-state index < -0.39 is 0 Å². The van der Waals surface area contributed by atoms with Crippen LogP contribution in [0.2, 0.25) is 0 Å². The highest BCUT2D eigenvalue weighted by molar-refractivity contribution is 7.98. The standard InChI is InChI=1S/C13H19N3S/c1-10(6-14)8-17-9-12-7-16-5-3-4-11(2)13(16)15-12/h3-5,7,10H,6,8-9,14H2,1-2H3. The number of aromatic nitrogens is 2. The lowest BCUT2D eigenvalue weighted by atomic mass is 10.2. The molecule has 2 heterocycles. The zero-order valence-electron chi connectivity index (χ0n) is 10.4. The molecule has 1 atom stereocenters. The van der Waals surface area contributed by atoms with Gasteiger partial charge in [-0.15, -0.1) is 0 Å². The molecule has 3 nitrogen and oxygen atoms in total. The third kappa shape index (κ3) is 3.01. The van der Waals surface area contributed by atoms with E-state index >= 15 is 0 Å². The summed E-state index contributed by atoms with van der Waals surface area (Å²) in [6.07, 6.45) is 4.16. The molecule has 0 amide bonds. The van der Waals surface area contributed by atoms with Crippen LogP contribution in [0, 0.1) is 12.8 Å². The zero-order valence-corrected chi connectivity index (χ0v) is 11.2. The summed E-state index contributed by atoms with van der Waals surface area (Å²) in [5.74, 6) is 2.65. The molecule has 0 aliphatic carbocycles. The maximum Gasteiger partial charge on any atom is 0.139 e. The molecule has 1 unspecified atom stereocenters. The average molecular weight is 249 g/mol. The Labute approximate surface area is 106 Å². The van der Waals surface area contributed by atoms with Crippen LogP contribution in [-0.4, -0.2) is 21.7 Å². The van der Waals surface area contributed by atoms with Crippen LogP contribution in [0.25, 0.3) is 5.65 Å². The van der Waals surface area contributed by atoms with Gasteiger partial charge in [0, 0.05) is 18.1 Å². The molecular formula is C13H19N3S. The van der Waals surface area contributed by atoms with E-state index in [0.29, 0.717) is 5.92 Å². The second-order valence-electron chi connectivity index (χ2n) is 4.51. The highest BCUT2D eigenvalue weighted by atomic mass is 32.2. The number of hydrogen-bond donors (Lipinski definition) is 1. The van der Waals surface area contributed by atoms with Crippen molar-refractivity contribution in [3.8, 4) is 0 Å². The number of rotatable bonds is 5. The molecule has 0 aliphatic rings. The molecule has 0 aromatic carbocycles. The molecule has 2 rings (SSSR count). The van der Waals surface area contributed by atoms with Crippen LogP contribution < -0.4 is 5.73 Å². The van der Waals surface area contributed by atoms with Gasteiger partial charge in [0.1, 0.15) is 5.65 Å². The minimum atomic E-state index is 0.582. The van der Waals surface area contributed by atoms with Crippen molar-refractivity contribution in [2.75, 3.05) is 12.3 Å². The van der Waals surface area contributed by atoms with Gasteiger partial charge in [0.05, 0.1) is 5.69 Å². The van der Waals surface area contributed by atoms with Gasteiger partial charge >= 0.3 is 0 Å². The Morgan fingerprint density at radius 2 is 2.35 bits per heavy atom. The average Bonchev–Trinajstić information content (AvgIpc) is 2.73. The van der Waals surface area contributed by atoms with E-state index in [9.17, 15) is 0 Å². The molecule has 2 aromatic rings. The number of nitrogens with two attached hydrogens (primary N) is 1. The highest BCUT2D eigenvalue weighted by Crippen LogP contribution is 2.16. The minimum absolute atomic E-state index is 0.582. The lowest BCUT2D eigenvalue weighted by molar-refractivity contribution is 0.675. The molecule has 17 heavy (non-hydrogen) atoms. The summed E-state index contributed by atoms with van der Waals surface area (Å²) >= 11 is 1.90. The van der Waals surface area contributed by atoms with Crippen molar-refractivity contribution >= 4 is 17.4 Å². The van der Waals surface area contributed by atoms with Gasteiger partial charge in [-0.25, -0.2) is 4.98 Å². The second kappa shape index (κ2) is 5.56. The van der Waals surface area contributed by atoms with Crippen molar-refractivity contribution in [1.29, 1.82) is 0 Å². The third-order valence-corrected chi connectivity index (χ3v) is 4.09. The van der Waals surface area contributed by atoms with Gasteiger partial charge in [0.2, 0.25) is 0 Å². The molecule has 0 saturated carbocycles. The molecule has 4 heteroatoms. The first-order valence-electron chi connectivity index (χ1n) is 5.91. The number of hydrogen-bond acceptors (Lipinski definition) is 3. The number of thioether (sulfide) groups is 1. The molecule has 0 aliphatic heterocycles. The van der Waals surface area contributed by atoms with Crippen molar-refractivity contribution < 1.29 is 0 Å². The summed E-state index contributed by atoms with van der Waals surface area (Å²) in [5.41, 5.74) is 9.03.